The molecule has 3 heterocycles. The number of aromatic hydroxyl groups is 1. The second-order valence-electron chi connectivity index (χ2n) is 8.07. The fourth-order valence-electron chi connectivity index (χ4n) is 4.29. The second kappa shape index (κ2) is 8.70. The van der Waals surface area contributed by atoms with Gasteiger partial charge in [-0.3, -0.25) is 19.7 Å². The molecule has 0 spiro atoms. The molecule has 2 atom stereocenters. The molecule has 2 aromatic rings. The zero-order valence-corrected chi connectivity index (χ0v) is 17.5. The van der Waals surface area contributed by atoms with Crippen LogP contribution in [-0.2, 0) is 13.1 Å². The van der Waals surface area contributed by atoms with Crippen molar-refractivity contribution in [2.45, 2.75) is 51.5 Å². The molecule has 1 aromatic carbocycles. The van der Waals surface area contributed by atoms with Gasteiger partial charge in [0.25, 0.3) is 11.8 Å². The molecule has 1 fully saturated rings. The van der Waals surface area contributed by atoms with E-state index in [1.54, 1.807) is 4.90 Å². The van der Waals surface area contributed by atoms with E-state index in [0.29, 0.717) is 12.6 Å². The Labute approximate surface area is 182 Å². The maximum Gasteiger partial charge on any atom is 0.276 e. The maximum atomic E-state index is 13.8. The minimum Gasteiger partial charge on any atom is -0.503 e. The van der Waals surface area contributed by atoms with Crippen molar-refractivity contribution in [3.63, 3.8) is 0 Å². The Hall–Kier alpha value is -3.27. The van der Waals surface area contributed by atoms with Gasteiger partial charge in [-0.05, 0) is 12.5 Å². The summed E-state index contributed by atoms with van der Waals surface area (Å²) in [6.45, 7) is 2.68. The number of amides is 2. The van der Waals surface area contributed by atoms with Crippen LogP contribution in [0.5, 0.6) is 5.75 Å². The summed E-state index contributed by atoms with van der Waals surface area (Å²) in [7, 11) is 0. The number of rotatable bonds is 6. The number of hydrogen-bond acceptors (Lipinski definition) is 5. The lowest BCUT2D eigenvalue weighted by molar-refractivity contribution is 0.0561. The molecular formula is C22H24F2N4O4. The summed E-state index contributed by atoms with van der Waals surface area (Å²) >= 11 is 0. The maximum absolute atomic E-state index is 13.8. The Morgan fingerprint density at radius 1 is 1.31 bits per heavy atom. The van der Waals surface area contributed by atoms with Crippen molar-refractivity contribution in [2.24, 2.45) is 0 Å². The van der Waals surface area contributed by atoms with E-state index < -0.39 is 34.6 Å². The summed E-state index contributed by atoms with van der Waals surface area (Å²) in [4.78, 5) is 40.0. The van der Waals surface area contributed by atoms with E-state index >= 15 is 0 Å². The van der Waals surface area contributed by atoms with Gasteiger partial charge >= 0.3 is 0 Å². The van der Waals surface area contributed by atoms with Crippen molar-refractivity contribution in [3.05, 3.63) is 63.1 Å². The molecule has 32 heavy (non-hydrogen) atoms. The standard InChI is InChI=1S/C22H24F2N4O4/c1-2-3-4-14-9-25-17-11-27-10-15(19(29)20(30)18(27)22(32)28(14)17)21(31)26-8-12-5-6-13(23)7-16(12)24/h5-7,10,14,17,25,30H,2-4,8-9,11H2,1H3,(H,26,31). The van der Waals surface area contributed by atoms with Crippen LogP contribution < -0.4 is 16.1 Å². The highest BCUT2D eigenvalue weighted by Crippen LogP contribution is 2.28. The summed E-state index contributed by atoms with van der Waals surface area (Å²) in [6.07, 6.45) is 3.70. The number of aromatic nitrogens is 1. The smallest absolute Gasteiger partial charge is 0.276 e. The van der Waals surface area contributed by atoms with E-state index in [1.807, 2.05) is 0 Å². The van der Waals surface area contributed by atoms with Crippen molar-refractivity contribution in [2.75, 3.05) is 6.54 Å². The molecule has 2 amide bonds. The van der Waals surface area contributed by atoms with Gasteiger partial charge in [0, 0.05) is 37.0 Å². The van der Waals surface area contributed by atoms with E-state index in [4.69, 9.17) is 0 Å². The van der Waals surface area contributed by atoms with Gasteiger partial charge in [-0.25, -0.2) is 8.78 Å². The molecule has 8 nitrogen and oxygen atoms in total. The molecule has 0 saturated carbocycles. The predicted molar refractivity (Wildman–Crippen MR) is 111 cm³/mol. The van der Waals surface area contributed by atoms with E-state index in [2.05, 4.69) is 17.6 Å². The van der Waals surface area contributed by atoms with Crippen LogP contribution in [0, 0.1) is 11.6 Å². The zero-order chi connectivity index (χ0) is 23.0. The summed E-state index contributed by atoms with van der Waals surface area (Å²) in [5.41, 5.74) is -1.44. The zero-order valence-electron chi connectivity index (χ0n) is 17.5. The third-order valence-corrected chi connectivity index (χ3v) is 5.97. The lowest BCUT2D eigenvalue weighted by Gasteiger charge is -2.35. The van der Waals surface area contributed by atoms with Crippen LogP contribution in [0.3, 0.4) is 0 Å². The van der Waals surface area contributed by atoms with E-state index in [1.165, 1.54) is 16.8 Å². The number of benzene rings is 1. The van der Waals surface area contributed by atoms with Crippen LogP contribution in [0.25, 0.3) is 0 Å². The van der Waals surface area contributed by atoms with Crippen molar-refractivity contribution >= 4 is 11.8 Å². The normalized spacial score (nSPS) is 19.6. The largest absolute Gasteiger partial charge is 0.503 e. The van der Waals surface area contributed by atoms with Gasteiger partial charge in [0.1, 0.15) is 23.4 Å². The molecule has 1 aromatic heterocycles. The first-order valence-electron chi connectivity index (χ1n) is 10.6. The molecule has 3 N–H and O–H groups in total. The second-order valence-corrected chi connectivity index (χ2v) is 8.07. The summed E-state index contributed by atoms with van der Waals surface area (Å²) in [5.74, 6) is -3.64. The number of halogens is 2. The summed E-state index contributed by atoms with van der Waals surface area (Å²) < 4.78 is 28.3. The first kappa shape index (κ1) is 21.9. The lowest BCUT2D eigenvalue weighted by atomic mass is 10.1. The third-order valence-electron chi connectivity index (χ3n) is 5.97. The number of nitrogens with one attached hydrogen (secondary N) is 2. The average Bonchev–Trinajstić information content (AvgIpc) is 3.17. The van der Waals surface area contributed by atoms with Gasteiger partial charge in [-0.2, -0.15) is 0 Å². The number of fused-ring (bicyclic) bond motifs is 2. The lowest BCUT2D eigenvalue weighted by Crippen LogP contribution is -2.51. The Morgan fingerprint density at radius 3 is 2.81 bits per heavy atom. The molecule has 2 aliphatic heterocycles. The topological polar surface area (TPSA) is 104 Å². The highest BCUT2D eigenvalue weighted by molar-refractivity contribution is 5.99. The van der Waals surface area contributed by atoms with Crippen molar-refractivity contribution < 1.29 is 23.5 Å². The molecule has 0 bridgehead atoms. The number of hydrogen-bond donors (Lipinski definition) is 3. The fraction of sp³-hybridized carbons (Fsp3) is 0.409. The number of carbonyl (C=O) groups excluding carboxylic acids is 2. The molecule has 10 heteroatoms. The molecule has 0 radical (unpaired) electrons. The highest BCUT2D eigenvalue weighted by Gasteiger charge is 2.43. The van der Waals surface area contributed by atoms with Crippen molar-refractivity contribution in [3.8, 4) is 5.75 Å². The van der Waals surface area contributed by atoms with Gasteiger partial charge in [0.05, 0.1) is 6.54 Å². The van der Waals surface area contributed by atoms with Gasteiger partial charge in [-0.15, -0.1) is 0 Å². The average molecular weight is 446 g/mol. The summed E-state index contributed by atoms with van der Waals surface area (Å²) in [5, 5.41) is 16.2. The molecular weight excluding hydrogens is 422 g/mol. The first-order valence-corrected chi connectivity index (χ1v) is 10.6. The van der Waals surface area contributed by atoms with Crippen LogP contribution >= 0.6 is 0 Å². The SMILES string of the molecule is CCCCC1CNC2Cn3cc(C(=O)NCc4ccc(F)cc4F)c(=O)c(O)c3C(=O)N12. The third kappa shape index (κ3) is 3.86. The van der Waals surface area contributed by atoms with E-state index in [0.717, 1.165) is 25.3 Å². The number of pyridine rings is 1. The van der Waals surface area contributed by atoms with Crippen LogP contribution in [0.2, 0.25) is 0 Å². The van der Waals surface area contributed by atoms with Gasteiger partial charge in [-0.1, -0.05) is 25.8 Å². The molecule has 2 aliphatic rings. The van der Waals surface area contributed by atoms with E-state index in [9.17, 15) is 28.3 Å². The monoisotopic (exact) mass is 446 g/mol. The van der Waals surface area contributed by atoms with Gasteiger partial charge < -0.3 is 19.9 Å². The van der Waals surface area contributed by atoms with Gasteiger partial charge in [0.2, 0.25) is 5.43 Å². The minimum atomic E-state index is -0.975. The molecule has 1 saturated heterocycles. The molecule has 4 rings (SSSR count). The van der Waals surface area contributed by atoms with Crippen LogP contribution in [0.15, 0.2) is 29.2 Å². The molecule has 0 aliphatic carbocycles. The highest BCUT2D eigenvalue weighted by atomic mass is 19.1. The Balaban J connectivity index is 1.58. The first-order chi connectivity index (χ1) is 15.3. The van der Waals surface area contributed by atoms with E-state index in [-0.39, 0.29) is 42.1 Å². The van der Waals surface area contributed by atoms with Crippen molar-refractivity contribution in [1.82, 2.24) is 20.1 Å². The number of unbranched alkanes of at least 4 members (excludes halogenated alkanes) is 1. The van der Waals surface area contributed by atoms with Crippen molar-refractivity contribution in [1.29, 1.82) is 0 Å². The van der Waals surface area contributed by atoms with Crippen LogP contribution in [0.1, 0.15) is 52.6 Å². The Kier molecular flexibility index (Phi) is 5.96. The Bertz CT molecular complexity index is 1130. The van der Waals surface area contributed by atoms with Crippen LogP contribution in [0.4, 0.5) is 8.78 Å². The fourth-order valence-corrected chi connectivity index (χ4v) is 4.29. The quantitative estimate of drug-likeness (QED) is 0.627. The molecule has 170 valence electrons. The Morgan fingerprint density at radius 2 is 2.09 bits per heavy atom. The minimum absolute atomic E-state index is 0.0238. The number of nitrogens with zero attached hydrogens (tertiary/aromatic N) is 2. The number of carbonyl (C=O) groups is 2. The van der Waals surface area contributed by atoms with Gasteiger partial charge in [0.15, 0.2) is 11.4 Å². The van der Waals surface area contributed by atoms with Crippen LogP contribution in [-0.4, -0.2) is 45.1 Å². The molecule has 2 unspecified atom stereocenters. The summed E-state index contributed by atoms with van der Waals surface area (Å²) in [6, 6.07) is 2.92. The predicted octanol–water partition coefficient (Wildman–Crippen LogP) is 1.71.